The summed E-state index contributed by atoms with van der Waals surface area (Å²) in [5, 5.41) is 3.52. The molecule has 0 aromatic heterocycles. The van der Waals surface area contributed by atoms with Crippen LogP contribution >= 0.6 is 0 Å². The summed E-state index contributed by atoms with van der Waals surface area (Å²) < 4.78 is 5.63. The maximum absolute atomic E-state index is 5.63. The summed E-state index contributed by atoms with van der Waals surface area (Å²) in [5.41, 5.74) is 1.31. The quantitative estimate of drug-likeness (QED) is 0.681. The fourth-order valence-corrected chi connectivity index (χ4v) is 1.62. The molecule has 1 N–H and O–H groups in total. The first-order chi connectivity index (χ1) is 7.88. The summed E-state index contributed by atoms with van der Waals surface area (Å²) in [7, 11) is 0. The van der Waals surface area contributed by atoms with Gasteiger partial charge in [-0.15, -0.1) is 0 Å². The Hall–Kier alpha value is -0.860. The van der Waals surface area contributed by atoms with Crippen LogP contribution in [0.1, 0.15) is 38.3 Å². The molecule has 1 aromatic rings. The van der Waals surface area contributed by atoms with Crippen LogP contribution in [0.3, 0.4) is 0 Å². The van der Waals surface area contributed by atoms with Gasteiger partial charge in [0.2, 0.25) is 0 Å². The molecule has 1 atom stereocenters. The lowest BCUT2D eigenvalue weighted by atomic mass is 10.1. The van der Waals surface area contributed by atoms with Gasteiger partial charge in [-0.05, 0) is 24.9 Å². The van der Waals surface area contributed by atoms with Crippen molar-refractivity contribution in [2.45, 2.75) is 32.7 Å². The van der Waals surface area contributed by atoms with Gasteiger partial charge in [0, 0.05) is 6.61 Å². The first-order valence-corrected chi connectivity index (χ1v) is 6.24. The van der Waals surface area contributed by atoms with Crippen LogP contribution in [0.2, 0.25) is 0 Å². The van der Waals surface area contributed by atoms with Crippen LogP contribution in [0.5, 0.6) is 0 Å². The van der Waals surface area contributed by atoms with E-state index in [9.17, 15) is 0 Å². The van der Waals surface area contributed by atoms with Gasteiger partial charge in [-0.25, -0.2) is 0 Å². The SMILES string of the molecule is CCCNC(COCCC)c1ccccc1. The topological polar surface area (TPSA) is 21.3 Å². The van der Waals surface area contributed by atoms with Gasteiger partial charge in [-0.1, -0.05) is 44.2 Å². The highest BCUT2D eigenvalue weighted by Gasteiger charge is 2.09. The minimum absolute atomic E-state index is 0.327. The van der Waals surface area contributed by atoms with Crippen LogP contribution in [0.15, 0.2) is 30.3 Å². The number of nitrogens with one attached hydrogen (secondary N) is 1. The third kappa shape index (κ3) is 4.77. The normalized spacial score (nSPS) is 12.6. The second-order valence-electron chi connectivity index (χ2n) is 3.99. The molecule has 0 aliphatic carbocycles. The van der Waals surface area contributed by atoms with Crippen LogP contribution in [-0.4, -0.2) is 19.8 Å². The second-order valence-corrected chi connectivity index (χ2v) is 3.99. The molecule has 2 heteroatoms. The van der Waals surface area contributed by atoms with Crippen molar-refractivity contribution in [3.05, 3.63) is 35.9 Å². The van der Waals surface area contributed by atoms with Crippen molar-refractivity contribution in [1.82, 2.24) is 5.32 Å². The summed E-state index contributed by atoms with van der Waals surface area (Å²) >= 11 is 0. The van der Waals surface area contributed by atoms with E-state index in [0.29, 0.717) is 6.04 Å². The molecule has 0 aliphatic rings. The second kappa shape index (κ2) is 8.31. The van der Waals surface area contributed by atoms with Crippen LogP contribution in [0.25, 0.3) is 0 Å². The third-order valence-corrected chi connectivity index (χ3v) is 2.48. The van der Waals surface area contributed by atoms with E-state index in [2.05, 4.69) is 43.4 Å². The number of ether oxygens (including phenoxy) is 1. The summed E-state index contributed by atoms with van der Waals surface area (Å²) in [6.07, 6.45) is 2.23. The van der Waals surface area contributed by atoms with Crippen molar-refractivity contribution in [2.75, 3.05) is 19.8 Å². The lowest BCUT2D eigenvalue weighted by Crippen LogP contribution is -2.26. The van der Waals surface area contributed by atoms with Crippen molar-refractivity contribution in [2.24, 2.45) is 0 Å². The van der Waals surface area contributed by atoms with E-state index in [0.717, 1.165) is 32.6 Å². The predicted octanol–water partition coefficient (Wildman–Crippen LogP) is 3.15. The van der Waals surface area contributed by atoms with Gasteiger partial charge in [0.1, 0.15) is 0 Å². The Morgan fingerprint density at radius 1 is 1.12 bits per heavy atom. The van der Waals surface area contributed by atoms with Crippen molar-refractivity contribution in [1.29, 1.82) is 0 Å². The molecule has 90 valence electrons. The summed E-state index contributed by atoms with van der Waals surface area (Å²) in [6.45, 7) is 6.96. The standard InChI is InChI=1S/C14H23NO/c1-3-10-15-14(12-16-11-4-2)13-8-6-5-7-9-13/h5-9,14-15H,3-4,10-12H2,1-2H3. The van der Waals surface area contributed by atoms with E-state index in [4.69, 9.17) is 4.74 Å². The molecule has 0 heterocycles. The molecular weight excluding hydrogens is 198 g/mol. The maximum Gasteiger partial charge on any atom is 0.0661 e. The van der Waals surface area contributed by atoms with Crippen LogP contribution in [0.4, 0.5) is 0 Å². The van der Waals surface area contributed by atoms with Gasteiger partial charge in [-0.2, -0.15) is 0 Å². The van der Waals surface area contributed by atoms with Gasteiger partial charge in [0.15, 0.2) is 0 Å². The third-order valence-electron chi connectivity index (χ3n) is 2.48. The summed E-state index contributed by atoms with van der Waals surface area (Å²) in [4.78, 5) is 0. The zero-order valence-corrected chi connectivity index (χ0v) is 10.4. The Morgan fingerprint density at radius 3 is 2.50 bits per heavy atom. The lowest BCUT2D eigenvalue weighted by molar-refractivity contribution is 0.112. The molecule has 1 unspecified atom stereocenters. The molecule has 0 amide bonds. The van der Waals surface area contributed by atoms with Crippen molar-refractivity contribution in [3.63, 3.8) is 0 Å². The average Bonchev–Trinajstić information content (AvgIpc) is 2.35. The molecule has 0 aliphatic heterocycles. The highest BCUT2D eigenvalue weighted by Crippen LogP contribution is 2.12. The van der Waals surface area contributed by atoms with Crippen LogP contribution in [-0.2, 0) is 4.74 Å². The largest absolute Gasteiger partial charge is 0.379 e. The number of rotatable bonds is 8. The molecular formula is C14H23NO. The van der Waals surface area contributed by atoms with Crippen molar-refractivity contribution in [3.8, 4) is 0 Å². The molecule has 0 spiro atoms. The molecule has 16 heavy (non-hydrogen) atoms. The highest BCUT2D eigenvalue weighted by molar-refractivity contribution is 5.18. The molecule has 0 saturated carbocycles. The first kappa shape index (κ1) is 13.2. The predicted molar refractivity (Wildman–Crippen MR) is 68.6 cm³/mol. The van der Waals surface area contributed by atoms with E-state index in [-0.39, 0.29) is 0 Å². The first-order valence-electron chi connectivity index (χ1n) is 6.24. The van der Waals surface area contributed by atoms with E-state index >= 15 is 0 Å². The molecule has 1 rings (SSSR count). The van der Waals surface area contributed by atoms with Crippen LogP contribution in [0, 0.1) is 0 Å². The Balaban J connectivity index is 2.49. The van der Waals surface area contributed by atoms with Crippen molar-refractivity contribution < 1.29 is 4.74 Å². The number of benzene rings is 1. The lowest BCUT2D eigenvalue weighted by Gasteiger charge is -2.18. The maximum atomic E-state index is 5.63. The minimum atomic E-state index is 0.327. The van der Waals surface area contributed by atoms with E-state index < -0.39 is 0 Å². The number of hydrogen-bond acceptors (Lipinski definition) is 2. The number of hydrogen-bond donors (Lipinski definition) is 1. The molecule has 0 fully saturated rings. The monoisotopic (exact) mass is 221 g/mol. The highest BCUT2D eigenvalue weighted by atomic mass is 16.5. The Labute approximate surface area is 99.0 Å². The zero-order valence-electron chi connectivity index (χ0n) is 10.4. The molecule has 0 saturated heterocycles. The summed E-state index contributed by atoms with van der Waals surface area (Å²) in [6, 6.07) is 10.8. The van der Waals surface area contributed by atoms with Gasteiger partial charge >= 0.3 is 0 Å². The minimum Gasteiger partial charge on any atom is -0.379 e. The average molecular weight is 221 g/mol. The van der Waals surface area contributed by atoms with E-state index in [1.807, 2.05) is 6.07 Å². The van der Waals surface area contributed by atoms with Crippen molar-refractivity contribution >= 4 is 0 Å². The van der Waals surface area contributed by atoms with Gasteiger partial charge in [0.25, 0.3) is 0 Å². The fraction of sp³-hybridized carbons (Fsp3) is 0.571. The van der Waals surface area contributed by atoms with Gasteiger partial charge in [-0.3, -0.25) is 0 Å². The molecule has 2 nitrogen and oxygen atoms in total. The molecule has 0 radical (unpaired) electrons. The van der Waals surface area contributed by atoms with Gasteiger partial charge < -0.3 is 10.1 Å². The Morgan fingerprint density at radius 2 is 1.88 bits per heavy atom. The molecule has 1 aromatic carbocycles. The Bertz CT molecular complexity index is 261. The Kier molecular flexibility index (Phi) is 6.86. The molecule has 0 bridgehead atoms. The van der Waals surface area contributed by atoms with Gasteiger partial charge in [0.05, 0.1) is 12.6 Å². The zero-order chi connectivity index (χ0) is 11.6. The van der Waals surface area contributed by atoms with E-state index in [1.165, 1.54) is 5.56 Å². The summed E-state index contributed by atoms with van der Waals surface area (Å²) in [5.74, 6) is 0. The smallest absolute Gasteiger partial charge is 0.0661 e. The van der Waals surface area contributed by atoms with E-state index in [1.54, 1.807) is 0 Å². The fourth-order valence-electron chi connectivity index (χ4n) is 1.62. The van der Waals surface area contributed by atoms with Crippen LogP contribution < -0.4 is 5.32 Å².